The Bertz CT molecular complexity index is 276. The smallest absolute Gasteiger partial charge is 0.325 e. The highest BCUT2D eigenvalue weighted by Gasteiger charge is 2.29. The predicted octanol–water partition coefficient (Wildman–Crippen LogP) is -0.128. The minimum atomic E-state index is -1.05. The van der Waals surface area contributed by atoms with Gasteiger partial charge >= 0.3 is 12.0 Å². The van der Waals surface area contributed by atoms with Crippen molar-refractivity contribution >= 4 is 12.0 Å². The van der Waals surface area contributed by atoms with E-state index in [1.54, 1.807) is 7.05 Å². The number of nitrogens with one attached hydrogen (secondary N) is 1. The zero-order valence-corrected chi connectivity index (χ0v) is 9.51. The van der Waals surface area contributed by atoms with E-state index in [4.69, 9.17) is 10.2 Å². The number of amides is 2. The number of hydrogen-bond acceptors (Lipinski definition) is 3. The lowest BCUT2D eigenvalue weighted by atomic mass is 9.82. The van der Waals surface area contributed by atoms with Crippen LogP contribution in [0.15, 0.2) is 0 Å². The second kappa shape index (κ2) is 5.16. The lowest BCUT2D eigenvalue weighted by Gasteiger charge is -2.34. The summed E-state index contributed by atoms with van der Waals surface area (Å²) in [6.07, 6.45) is 1.19. The van der Waals surface area contributed by atoms with Gasteiger partial charge in [0.2, 0.25) is 0 Å². The van der Waals surface area contributed by atoms with Gasteiger partial charge in [0.15, 0.2) is 0 Å². The highest BCUT2D eigenvalue weighted by atomic mass is 16.4. The lowest BCUT2D eigenvalue weighted by molar-refractivity contribution is -0.138. The van der Waals surface area contributed by atoms with Gasteiger partial charge in [0, 0.05) is 13.6 Å². The van der Waals surface area contributed by atoms with E-state index in [1.807, 2.05) is 0 Å². The summed E-state index contributed by atoms with van der Waals surface area (Å²) in [6, 6.07) is -1.28. The molecule has 3 N–H and O–H groups in total. The molecule has 0 saturated heterocycles. The molecule has 1 rings (SSSR count). The molecule has 0 radical (unpaired) electrons. The normalized spacial score (nSPS) is 25.4. The first kappa shape index (κ1) is 12.8. The second-order valence-corrected chi connectivity index (χ2v) is 4.38. The molecule has 6 nitrogen and oxygen atoms in total. The van der Waals surface area contributed by atoms with Crippen molar-refractivity contribution in [3.05, 3.63) is 0 Å². The third-order valence-corrected chi connectivity index (χ3v) is 2.80. The van der Waals surface area contributed by atoms with Gasteiger partial charge in [-0.1, -0.05) is 0 Å². The van der Waals surface area contributed by atoms with E-state index in [-0.39, 0.29) is 6.10 Å². The highest BCUT2D eigenvalue weighted by Crippen LogP contribution is 2.27. The quantitative estimate of drug-likeness (QED) is 0.627. The zero-order valence-electron chi connectivity index (χ0n) is 9.51. The van der Waals surface area contributed by atoms with Gasteiger partial charge in [0.05, 0.1) is 6.10 Å². The molecule has 2 amide bonds. The van der Waals surface area contributed by atoms with Crippen molar-refractivity contribution < 1.29 is 19.8 Å². The van der Waals surface area contributed by atoms with Crippen LogP contribution in [0.3, 0.4) is 0 Å². The topological polar surface area (TPSA) is 89.9 Å². The molecule has 6 heteroatoms. The molecule has 0 aliphatic heterocycles. The summed E-state index contributed by atoms with van der Waals surface area (Å²) in [6.45, 7) is 1.97. The predicted molar refractivity (Wildman–Crippen MR) is 57.0 cm³/mol. The Morgan fingerprint density at radius 1 is 1.50 bits per heavy atom. The Morgan fingerprint density at radius 3 is 2.50 bits per heavy atom. The van der Waals surface area contributed by atoms with Crippen LogP contribution < -0.4 is 5.32 Å². The van der Waals surface area contributed by atoms with Crippen molar-refractivity contribution in [2.45, 2.75) is 31.9 Å². The first-order valence-electron chi connectivity index (χ1n) is 5.32. The summed E-state index contributed by atoms with van der Waals surface area (Å²) in [5, 5.41) is 20.1. The van der Waals surface area contributed by atoms with Crippen LogP contribution in [0.4, 0.5) is 4.79 Å². The molecule has 0 aromatic heterocycles. The fourth-order valence-electron chi connectivity index (χ4n) is 1.68. The van der Waals surface area contributed by atoms with Crippen LogP contribution in [0.25, 0.3) is 0 Å². The number of nitrogens with zero attached hydrogens (tertiary/aromatic N) is 1. The third kappa shape index (κ3) is 3.37. The van der Waals surface area contributed by atoms with Crippen LogP contribution >= 0.6 is 0 Å². The van der Waals surface area contributed by atoms with Gasteiger partial charge in [0.25, 0.3) is 0 Å². The Labute approximate surface area is 94.2 Å². The molecule has 1 saturated carbocycles. The van der Waals surface area contributed by atoms with E-state index in [1.165, 1.54) is 11.8 Å². The first-order valence-corrected chi connectivity index (χ1v) is 5.32. The van der Waals surface area contributed by atoms with Crippen molar-refractivity contribution in [2.24, 2.45) is 5.92 Å². The molecule has 0 heterocycles. The van der Waals surface area contributed by atoms with Gasteiger partial charge in [-0.25, -0.2) is 4.79 Å². The highest BCUT2D eigenvalue weighted by molar-refractivity contribution is 5.82. The Morgan fingerprint density at radius 2 is 2.06 bits per heavy atom. The maximum absolute atomic E-state index is 11.5. The van der Waals surface area contributed by atoms with E-state index in [0.29, 0.717) is 25.3 Å². The van der Waals surface area contributed by atoms with Crippen LogP contribution in [0.1, 0.15) is 19.8 Å². The van der Waals surface area contributed by atoms with E-state index >= 15 is 0 Å². The fourth-order valence-corrected chi connectivity index (χ4v) is 1.68. The molecule has 92 valence electrons. The number of carbonyl (C=O) groups is 2. The molecule has 0 bridgehead atoms. The lowest BCUT2D eigenvalue weighted by Crippen LogP contribution is -2.48. The fraction of sp³-hybridized carbons (Fsp3) is 0.800. The summed E-state index contributed by atoms with van der Waals surface area (Å²) in [7, 11) is 1.62. The van der Waals surface area contributed by atoms with Crippen molar-refractivity contribution in [2.75, 3.05) is 13.6 Å². The molecule has 1 atom stereocenters. The molecule has 0 aromatic rings. The van der Waals surface area contributed by atoms with E-state index < -0.39 is 18.0 Å². The van der Waals surface area contributed by atoms with Crippen LogP contribution in [0.5, 0.6) is 0 Å². The van der Waals surface area contributed by atoms with Crippen molar-refractivity contribution in [3.63, 3.8) is 0 Å². The van der Waals surface area contributed by atoms with Gasteiger partial charge in [-0.2, -0.15) is 0 Å². The minimum absolute atomic E-state index is 0.237. The number of carboxylic acid groups (broad SMARTS) is 1. The summed E-state index contributed by atoms with van der Waals surface area (Å²) in [5.74, 6) is -0.730. The summed E-state index contributed by atoms with van der Waals surface area (Å²) >= 11 is 0. The molecule has 0 spiro atoms. The molecular formula is C10H18N2O4. The van der Waals surface area contributed by atoms with Crippen LogP contribution in [0.2, 0.25) is 0 Å². The summed E-state index contributed by atoms with van der Waals surface area (Å²) in [4.78, 5) is 23.5. The Balaban J connectivity index is 2.28. The van der Waals surface area contributed by atoms with Gasteiger partial charge in [-0.3, -0.25) is 4.79 Å². The van der Waals surface area contributed by atoms with E-state index in [2.05, 4.69) is 5.32 Å². The molecule has 1 aliphatic rings. The average Bonchev–Trinajstić information content (AvgIpc) is 2.14. The average molecular weight is 230 g/mol. The number of aliphatic hydroxyl groups is 1. The Hall–Kier alpha value is -1.30. The zero-order chi connectivity index (χ0) is 12.3. The molecule has 0 aromatic carbocycles. The standard InChI is InChI=1S/C10H18N2O4/c1-6(9(14)15)11-10(16)12(2)5-7-3-8(13)4-7/h6-8,13H,3-5H2,1-2H3,(H,11,16)(H,14,15). The van der Waals surface area contributed by atoms with Crippen LogP contribution in [-0.4, -0.2) is 52.9 Å². The first-order chi connectivity index (χ1) is 7.40. The SMILES string of the molecule is CC(NC(=O)N(C)CC1CC(O)C1)C(=O)O. The summed E-state index contributed by atoms with van der Waals surface area (Å²) < 4.78 is 0. The van der Waals surface area contributed by atoms with Gasteiger partial charge in [0.1, 0.15) is 6.04 Å². The van der Waals surface area contributed by atoms with Gasteiger partial charge < -0.3 is 20.4 Å². The number of hydrogen-bond donors (Lipinski definition) is 3. The molecule has 1 unspecified atom stereocenters. The van der Waals surface area contributed by atoms with Gasteiger partial charge in [-0.15, -0.1) is 0 Å². The van der Waals surface area contributed by atoms with Crippen molar-refractivity contribution in [3.8, 4) is 0 Å². The number of carboxylic acids is 1. The monoisotopic (exact) mass is 230 g/mol. The number of rotatable bonds is 4. The van der Waals surface area contributed by atoms with Gasteiger partial charge in [-0.05, 0) is 25.7 Å². The van der Waals surface area contributed by atoms with E-state index in [9.17, 15) is 9.59 Å². The maximum atomic E-state index is 11.5. The van der Waals surface area contributed by atoms with Crippen molar-refractivity contribution in [1.29, 1.82) is 0 Å². The molecular weight excluding hydrogens is 212 g/mol. The third-order valence-electron chi connectivity index (χ3n) is 2.80. The Kier molecular flexibility index (Phi) is 4.12. The number of urea groups is 1. The summed E-state index contributed by atoms with van der Waals surface area (Å²) in [5.41, 5.74) is 0. The van der Waals surface area contributed by atoms with E-state index in [0.717, 1.165) is 0 Å². The molecule has 16 heavy (non-hydrogen) atoms. The van der Waals surface area contributed by atoms with Crippen LogP contribution in [-0.2, 0) is 4.79 Å². The van der Waals surface area contributed by atoms with Crippen LogP contribution in [0, 0.1) is 5.92 Å². The largest absolute Gasteiger partial charge is 0.480 e. The maximum Gasteiger partial charge on any atom is 0.325 e. The number of carbonyl (C=O) groups excluding carboxylic acids is 1. The second-order valence-electron chi connectivity index (χ2n) is 4.38. The minimum Gasteiger partial charge on any atom is -0.480 e. The molecule has 1 aliphatic carbocycles. The number of aliphatic carboxylic acids is 1. The van der Waals surface area contributed by atoms with Crippen molar-refractivity contribution in [1.82, 2.24) is 10.2 Å². The number of aliphatic hydroxyl groups excluding tert-OH is 1. The molecule has 1 fully saturated rings.